The van der Waals surface area contributed by atoms with Crippen LogP contribution in [-0.2, 0) is 0 Å². The second kappa shape index (κ2) is 14.9. The zero-order valence-electron chi connectivity index (χ0n) is 7.87. The van der Waals surface area contributed by atoms with Crippen molar-refractivity contribution in [1.82, 2.24) is 0 Å². The van der Waals surface area contributed by atoms with E-state index in [0.29, 0.717) is 0 Å². The van der Waals surface area contributed by atoms with Crippen LogP contribution in [0.15, 0.2) is 41.8 Å². The minimum Gasteiger partial charge on any atom is -1.00 e. The lowest BCUT2D eigenvalue weighted by Gasteiger charge is -1.67. The van der Waals surface area contributed by atoms with Crippen LogP contribution in [0.2, 0.25) is 0 Å². The van der Waals surface area contributed by atoms with Crippen molar-refractivity contribution in [1.29, 1.82) is 0 Å². The van der Waals surface area contributed by atoms with E-state index in [1.165, 1.54) is 16.2 Å². The summed E-state index contributed by atoms with van der Waals surface area (Å²) in [7, 11) is 0. The second-order valence-corrected chi connectivity index (χ2v) is 3.31. The first kappa shape index (κ1) is 23.3. The van der Waals surface area contributed by atoms with Crippen molar-refractivity contribution in [2.45, 2.75) is 6.92 Å². The summed E-state index contributed by atoms with van der Waals surface area (Å²) in [6, 6.07) is 12.4. The van der Waals surface area contributed by atoms with E-state index in [9.17, 15) is 0 Å². The Morgan fingerprint density at radius 2 is 1.36 bits per heavy atom. The summed E-state index contributed by atoms with van der Waals surface area (Å²) in [4.78, 5) is 1.37. The molecule has 0 amide bonds. The van der Waals surface area contributed by atoms with Crippen LogP contribution in [-0.4, -0.2) is 16.4 Å². The average Bonchev–Trinajstić information content (AvgIpc) is 2.02. The van der Waals surface area contributed by atoms with Gasteiger partial charge in [-0.25, -0.2) is 0 Å². The van der Waals surface area contributed by atoms with Gasteiger partial charge in [-0.3, -0.25) is 0 Å². The molecular weight excluding hydrogens is 224 g/mol. The van der Waals surface area contributed by atoms with Crippen LogP contribution in [0.1, 0.15) is 4.88 Å². The lowest BCUT2D eigenvalue weighted by molar-refractivity contribution is -0.00000564. The number of hydrogen-bond acceptors (Lipinski definition) is 0. The Kier molecular flexibility index (Phi) is 24.7. The lowest BCUT2D eigenvalue weighted by Crippen LogP contribution is -3.00. The molecule has 0 bridgehead atoms. The van der Waals surface area contributed by atoms with Gasteiger partial charge in [0.1, 0.15) is 10.3 Å². The third-order valence-electron chi connectivity index (χ3n) is 1.15. The first-order valence-electron chi connectivity index (χ1n) is 3.27. The van der Waals surface area contributed by atoms with Crippen LogP contribution in [0.3, 0.4) is 0 Å². The molecule has 6 N–H and O–H groups in total. The first-order valence-corrected chi connectivity index (χ1v) is 4.23. The van der Waals surface area contributed by atoms with E-state index in [1.54, 1.807) is 0 Å². The van der Waals surface area contributed by atoms with Crippen molar-refractivity contribution in [2.75, 3.05) is 0 Å². The van der Waals surface area contributed by atoms with Gasteiger partial charge in [0.05, 0.1) is 0 Å². The van der Waals surface area contributed by atoms with Crippen molar-refractivity contribution < 1.29 is 28.8 Å². The number of hydrogen-bond donors (Lipinski definition) is 0. The van der Waals surface area contributed by atoms with E-state index in [4.69, 9.17) is 0 Å². The summed E-state index contributed by atoms with van der Waals surface area (Å²) < 4.78 is 0. The van der Waals surface area contributed by atoms with Gasteiger partial charge in [-0.15, -0.1) is 0 Å². The number of aryl methyl sites for hydroxylation is 1. The Morgan fingerprint density at radius 3 is 2.00 bits per heavy atom. The zero-order chi connectivity index (χ0) is 7.23. The SMILES string of the molecule is Cc1ccccccc[sH+]1.O.O.O.[Cl-]. The number of halogens is 1. The molecule has 84 valence electrons. The molecule has 1 aromatic heterocycles. The molecule has 3 nitrogen and oxygen atoms in total. The molecule has 0 radical (unpaired) electrons. The van der Waals surface area contributed by atoms with Gasteiger partial charge >= 0.3 is 0 Å². The standard InChI is InChI=1S/C9H10S.ClH.3H2O/c1-9-7-5-3-2-4-6-8-10-9;;;;/h2-8H,1H3;1H;3*1H2. The molecule has 1 aromatic rings. The third-order valence-corrected chi connectivity index (χ3v) is 2.02. The van der Waals surface area contributed by atoms with Gasteiger partial charge in [-0.05, 0) is 23.5 Å². The second-order valence-electron chi connectivity index (χ2n) is 2.05. The number of rotatable bonds is 0. The van der Waals surface area contributed by atoms with Crippen LogP contribution in [0, 0.1) is 6.92 Å². The molecule has 0 unspecified atom stereocenters. The maximum absolute atomic E-state index is 2.13. The van der Waals surface area contributed by atoms with Gasteiger partial charge in [-0.1, -0.05) is 24.3 Å². The molecule has 0 aliphatic rings. The van der Waals surface area contributed by atoms with Gasteiger partial charge in [0.25, 0.3) is 0 Å². The molecule has 5 heteroatoms. The van der Waals surface area contributed by atoms with E-state index >= 15 is 0 Å². The van der Waals surface area contributed by atoms with Crippen molar-refractivity contribution >= 4 is 11.3 Å². The first-order chi connectivity index (χ1) is 4.89. The van der Waals surface area contributed by atoms with Gasteiger partial charge < -0.3 is 28.8 Å². The Hall–Kier alpha value is -0.650. The van der Waals surface area contributed by atoms with Gasteiger partial charge in [-0.2, -0.15) is 0 Å². The smallest absolute Gasteiger partial charge is 0.144 e. The maximum atomic E-state index is 2.13. The molecule has 0 saturated heterocycles. The summed E-state index contributed by atoms with van der Waals surface area (Å²) in [5.74, 6) is 0. The maximum Gasteiger partial charge on any atom is 0.144 e. The molecule has 14 heavy (non-hydrogen) atoms. The highest BCUT2D eigenvalue weighted by atomic mass is 35.5. The van der Waals surface area contributed by atoms with Gasteiger partial charge in [0.15, 0.2) is 0 Å². The molecule has 0 aromatic carbocycles. The molecule has 0 saturated carbocycles. The van der Waals surface area contributed by atoms with Gasteiger partial charge in [0, 0.05) is 6.92 Å². The zero-order valence-corrected chi connectivity index (χ0v) is 9.52. The van der Waals surface area contributed by atoms with Crippen LogP contribution in [0.5, 0.6) is 0 Å². The Morgan fingerprint density at radius 1 is 0.857 bits per heavy atom. The monoisotopic (exact) mass is 240 g/mol. The van der Waals surface area contributed by atoms with Crippen LogP contribution in [0.25, 0.3) is 0 Å². The molecule has 1 heterocycles. The molecule has 0 aliphatic carbocycles. The van der Waals surface area contributed by atoms with Crippen molar-refractivity contribution in [2.24, 2.45) is 0 Å². The summed E-state index contributed by atoms with van der Waals surface area (Å²) in [6.45, 7) is 2.13. The van der Waals surface area contributed by atoms with Crippen LogP contribution < -0.4 is 12.4 Å². The van der Waals surface area contributed by atoms with Crippen LogP contribution >= 0.6 is 11.3 Å². The summed E-state index contributed by atoms with van der Waals surface area (Å²) in [6.07, 6.45) is 0. The van der Waals surface area contributed by atoms with E-state index in [2.05, 4.69) is 30.5 Å². The van der Waals surface area contributed by atoms with Crippen molar-refractivity contribution in [3.8, 4) is 0 Å². The largest absolute Gasteiger partial charge is 1.00 e. The quantitative estimate of drug-likeness (QED) is 0.446. The topological polar surface area (TPSA) is 94.5 Å². The average molecular weight is 241 g/mol. The van der Waals surface area contributed by atoms with E-state index in [0.717, 1.165) is 0 Å². The summed E-state index contributed by atoms with van der Waals surface area (Å²) in [5, 5.41) is 2.13. The Labute approximate surface area is 94.1 Å². The third kappa shape index (κ3) is 11.4. The summed E-state index contributed by atoms with van der Waals surface area (Å²) in [5.41, 5.74) is 0. The molecule has 0 atom stereocenters. The highest BCUT2D eigenvalue weighted by molar-refractivity contribution is 7.09. The highest BCUT2D eigenvalue weighted by Gasteiger charge is 1.79. The fourth-order valence-electron chi connectivity index (χ4n) is 0.641. The van der Waals surface area contributed by atoms with Crippen molar-refractivity contribution in [3.63, 3.8) is 0 Å². The lowest BCUT2D eigenvalue weighted by atomic mass is 10.4. The van der Waals surface area contributed by atoms with E-state index < -0.39 is 0 Å². The van der Waals surface area contributed by atoms with Crippen molar-refractivity contribution in [3.05, 3.63) is 46.7 Å². The molecular formula is C9H17ClO3S. The predicted octanol–water partition coefficient (Wildman–Crippen LogP) is -2.56. The molecule has 0 aliphatic heterocycles. The Bertz CT molecular complexity index is 227. The molecule has 1 rings (SSSR count). The molecule has 0 spiro atoms. The fourth-order valence-corrected chi connectivity index (χ4v) is 1.23. The predicted molar refractivity (Wildman–Crippen MR) is 58.9 cm³/mol. The van der Waals surface area contributed by atoms with Gasteiger partial charge in [0.2, 0.25) is 0 Å². The minimum atomic E-state index is 0. The Balaban J connectivity index is -0.000000125. The summed E-state index contributed by atoms with van der Waals surface area (Å²) >= 11 is 1.29. The minimum absolute atomic E-state index is 0. The van der Waals surface area contributed by atoms with Crippen LogP contribution in [0.4, 0.5) is 0 Å². The fraction of sp³-hybridized carbons (Fsp3) is 0.111. The highest BCUT2D eigenvalue weighted by Crippen LogP contribution is 1.99. The van der Waals surface area contributed by atoms with E-state index in [1.807, 2.05) is 18.2 Å². The normalized spacial score (nSPS) is 6.07. The molecule has 0 fully saturated rings. The van der Waals surface area contributed by atoms with E-state index in [-0.39, 0.29) is 28.8 Å².